The number of nitrogens with zero attached hydrogens (tertiary/aromatic N) is 1. The maximum atomic E-state index is 12.1. The van der Waals surface area contributed by atoms with Crippen LogP contribution in [0.2, 0.25) is 5.02 Å². The van der Waals surface area contributed by atoms with Gasteiger partial charge in [0.1, 0.15) is 0 Å². The molecule has 1 amide bonds. The summed E-state index contributed by atoms with van der Waals surface area (Å²) in [4.78, 5) is 28.3. The van der Waals surface area contributed by atoms with E-state index in [9.17, 15) is 9.59 Å². The Balaban J connectivity index is 1.51. The fourth-order valence-electron chi connectivity index (χ4n) is 2.45. The zero-order valence-electron chi connectivity index (χ0n) is 15.7. The molecule has 0 bridgehead atoms. The molecule has 8 heteroatoms. The summed E-state index contributed by atoms with van der Waals surface area (Å²) in [5.41, 5.74) is 3.23. The van der Waals surface area contributed by atoms with Gasteiger partial charge in [-0.05, 0) is 36.8 Å². The molecule has 29 heavy (non-hydrogen) atoms. The molecule has 150 valence electrons. The molecular weight excluding hydrogens is 428 g/mol. The van der Waals surface area contributed by atoms with Crippen LogP contribution in [0.4, 0.5) is 5.13 Å². The second-order valence-electron chi connectivity index (χ2n) is 6.00. The topological polar surface area (TPSA) is 68.3 Å². The average molecular weight is 447 g/mol. The van der Waals surface area contributed by atoms with Crippen LogP contribution in [0.3, 0.4) is 0 Å². The number of hydrogen-bond acceptors (Lipinski definition) is 6. The normalized spacial score (nSPS) is 10.6. The van der Waals surface area contributed by atoms with Gasteiger partial charge in [-0.25, -0.2) is 9.78 Å². The predicted molar refractivity (Wildman–Crippen MR) is 120 cm³/mol. The van der Waals surface area contributed by atoms with E-state index in [0.717, 1.165) is 22.6 Å². The number of ether oxygens (including phenoxy) is 1. The number of amides is 1. The number of carbonyl (C=O) groups is 2. The lowest BCUT2D eigenvalue weighted by atomic mass is 10.1. The Hall–Kier alpha value is -2.35. The van der Waals surface area contributed by atoms with Gasteiger partial charge in [-0.2, -0.15) is 0 Å². The van der Waals surface area contributed by atoms with Crippen molar-refractivity contribution in [1.82, 2.24) is 4.98 Å². The molecule has 1 aromatic heterocycles. The molecule has 0 aliphatic rings. The lowest BCUT2D eigenvalue weighted by molar-refractivity contribution is -0.113. The van der Waals surface area contributed by atoms with Crippen LogP contribution in [-0.2, 0) is 15.3 Å². The molecule has 0 saturated carbocycles. The zero-order valence-corrected chi connectivity index (χ0v) is 18.1. The molecule has 0 unspecified atom stereocenters. The molecular formula is C21H19ClN2O3S2. The lowest BCUT2D eigenvalue weighted by Crippen LogP contribution is -2.13. The van der Waals surface area contributed by atoms with Gasteiger partial charge in [0.05, 0.1) is 23.6 Å². The number of thiazole rings is 1. The monoisotopic (exact) mass is 446 g/mol. The molecule has 0 atom stereocenters. The standard InChI is InChI=1S/C21H19ClN2O3S2/c1-2-27-20(26)16-7-5-15(6-8-16)18-12-29-21(23-18)24-19(25)13-28-11-14-3-9-17(22)10-4-14/h3-10,12H,2,11,13H2,1H3,(H,23,24,25). The van der Waals surface area contributed by atoms with Gasteiger partial charge in [-0.3, -0.25) is 4.79 Å². The van der Waals surface area contributed by atoms with Crippen LogP contribution in [0.1, 0.15) is 22.8 Å². The van der Waals surface area contributed by atoms with Crippen molar-refractivity contribution in [2.24, 2.45) is 0 Å². The van der Waals surface area contributed by atoms with Gasteiger partial charge in [0.15, 0.2) is 5.13 Å². The first-order valence-electron chi connectivity index (χ1n) is 8.90. The lowest BCUT2D eigenvalue weighted by Gasteiger charge is -2.03. The number of benzene rings is 2. The van der Waals surface area contributed by atoms with E-state index in [1.165, 1.54) is 23.1 Å². The number of thioether (sulfide) groups is 1. The molecule has 0 saturated heterocycles. The van der Waals surface area contributed by atoms with Gasteiger partial charge >= 0.3 is 5.97 Å². The van der Waals surface area contributed by atoms with Crippen molar-refractivity contribution in [3.63, 3.8) is 0 Å². The zero-order chi connectivity index (χ0) is 20.6. The predicted octanol–water partition coefficient (Wildman–Crippen LogP) is 5.51. The smallest absolute Gasteiger partial charge is 0.338 e. The Morgan fingerprint density at radius 3 is 2.55 bits per heavy atom. The van der Waals surface area contributed by atoms with Crippen molar-refractivity contribution in [2.75, 3.05) is 17.7 Å². The van der Waals surface area contributed by atoms with Gasteiger partial charge in [-0.15, -0.1) is 23.1 Å². The summed E-state index contributed by atoms with van der Waals surface area (Å²) in [5.74, 6) is 0.635. The molecule has 1 heterocycles. The van der Waals surface area contributed by atoms with Gasteiger partial charge in [-0.1, -0.05) is 35.9 Å². The third-order valence-electron chi connectivity index (χ3n) is 3.86. The number of carbonyl (C=O) groups excluding carboxylic acids is 2. The summed E-state index contributed by atoms with van der Waals surface area (Å²) in [6.07, 6.45) is 0. The minimum Gasteiger partial charge on any atom is -0.462 e. The Labute approximate surface area is 182 Å². The van der Waals surface area contributed by atoms with E-state index in [1.54, 1.807) is 19.1 Å². The summed E-state index contributed by atoms with van der Waals surface area (Å²) in [6, 6.07) is 14.6. The minimum atomic E-state index is -0.346. The number of hydrogen-bond donors (Lipinski definition) is 1. The van der Waals surface area contributed by atoms with E-state index in [2.05, 4.69) is 10.3 Å². The maximum absolute atomic E-state index is 12.1. The van der Waals surface area contributed by atoms with Crippen LogP contribution in [0.15, 0.2) is 53.9 Å². The summed E-state index contributed by atoms with van der Waals surface area (Å²) >= 11 is 8.76. The molecule has 3 aromatic rings. The highest BCUT2D eigenvalue weighted by atomic mass is 35.5. The Morgan fingerprint density at radius 2 is 1.86 bits per heavy atom. The molecule has 5 nitrogen and oxygen atoms in total. The van der Waals surface area contributed by atoms with Gasteiger partial charge in [0.25, 0.3) is 0 Å². The third-order valence-corrected chi connectivity index (χ3v) is 5.87. The van der Waals surface area contributed by atoms with E-state index < -0.39 is 0 Å². The second-order valence-corrected chi connectivity index (χ2v) is 8.28. The van der Waals surface area contributed by atoms with E-state index in [0.29, 0.717) is 28.1 Å². The van der Waals surface area contributed by atoms with Crippen LogP contribution >= 0.6 is 34.7 Å². The van der Waals surface area contributed by atoms with Crippen molar-refractivity contribution in [2.45, 2.75) is 12.7 Å². The van der Waals surface area contributed by atoms with Crippen LogP contribution < -0.4 is 5.32 Å². The molecule has 0 aliphatic heterocycles. The number of rotatable bonds is 8. The molecule has 1 N–H and O–H groups in total. The van der Waals surface area contributed by atoms with Gasteiger partial charge in [0, 0.05) is 21.7 Å². The van der Waals surface area contributed by atoms with Gasteiger partial charge < -0.3 is 10.1 Å². The number of halogens is 1. The van der Waals surface area contributed by atoms with E-state index in [1.807, 2.05) is 41.8 Å². The van der Waals surface area contributed by atoms with Crippen molar-refractivity contribution >= 4 is 51.7 Å². The fourth-order valence-corrected chi connectivity index (χ4v) is 4.10. The molecule has 3 rings (SSSR count). The highest BCUT2D eigenvalue weighted by Gasteiger charge is 2.10. The average Bonchev–Trinajstić information content (AvgIpc) is 3.18. The van der Waals surface area contributed by atoms with E-state index in [-0.39, 0.29) is 11.9 Å². The number of aromatic nitrogens is 1. The fraction of sp³-hybridized carbons (Fsp3) is 0.190. The van der Waals surface area contributed by atoms with Crippen molar-refractivity contribution in [1.29, 1.82) is 0 Å². The summed E-state index contributed by atoms with van der Waals surface area (Å²) in [7, 11) is 0. The highest BCUT2D eigenvalue weighted by Crippen LogP contribution is 2.25. The summed E-state index contributed by atoms with van der Waals surface area (Å²) in [5, 5.41) is 5.95. The number of anilines is 1. The van der Waals surface area contributed by atoms with Crippen molar-refractivity contribution < 1.29 is 14.3 Å². The van der Waals surface area contributed by atoms with E-state index >= 15 is 0 Å². The quantitative estimate of drug-likeness (QED) is 0.462. The second kappa shape index (κ2) is 10.4. The molecule has 0 spiro atoms. The highest BCUT2D eigenvalue weighted by molar-refractivity contribution is 7.99. The SMILES string of the molecule is CCOC(=O)c1ccc(-c2csc(NC(=O)CSCc3ccc(Cl)cc3)n2)cc1. The Morgan fingerprint density at radius 1 is 1.14 bits per heavy atom. The Kier molecular flexibility index (Phi) is 7.69. The van der Waals surface area contributed by atoms with Crippen LogP contribution in [0, 0.1) is 0 Å². The van der Waals surface area contributed by atoms with Crippen molar-refractivity contribution in [3.8, 4) is 11.3 Å². The minimum absolute atomic E-state index is 0.0949. The van der Waals surface area contributed by atoms with Crippen molar-refractivity contribution in [3.05, 3.63) is 70.1 Å². The molecule has 0 aliphatic carbocycles. The molecule has 2 aromatic carbocycles. The van der Waals surface area contributed by atoms with Crippen LogP contribution in [0.25, 0.3) is 11.3 Å². The van der Waals surface area contributed by atoms with Crippen LogP contribution in [-0.4, -0.2) is 29.2 Å². The molecule has 0 radical (unpaired) electrons. The first-order valence-corrected chi connectivity index (χ1v) is 11.3. The Bertz CT molecular complexity index is 972. The largest absolute Gasteiger partial charge is 0.462 e. The summed E-state index contributed by atoms with van der Waals surface area (Å²) in [6.45, 7) is 2.11. The molecule has 0 fully saturated rings. The third kappa shape index (κ3) is 6.32. The number of esters is 1. The van der Waals surface area contributed by atoms with Gasteiger partial charge in [0.2, 0.25) is 5.91 Å². The van der Waals surface area contributed by atoms with E-state index in [4.69, 9.17) is 16.3 Å². The first-order chi connectivity index (χ1) is 14.0. The first kappa shape index (κ1) is 21.4. The van der Waals surface area contributed by atoms with Crippen LogP contribution in [0.5, 0.6) is 0 Å². The summed E-state index contributed by atoms with van der Waals surface area (Å²) < 4.78 is 4.98. The number of nitrogens with one attached hydrogen (secondary N) is 1. The maximum Gasteiger partial charge on any atom is 0.338 e.